The molecule has 61 heavy (non-hydrogen) atoms. The Bertz CT molecular complexity index is 3370. The van der Waals surface area contributed by atoms with E-state index >= 15 is 0 Å². The number of aromatic nitrogens is 4. The summed E-state index contributed by atoms with van der Waals surface area (Å²) < 4.78 is 0. The van der Waals surface area contributed by atoms with Crippen LogP contribution in [-0.2, 0) is 5.41 Å². The van der Waals surface area contributed by atoms with E-state index in [1.165, 1.54) is 44.5 Å². The highest BCUT2D eigenvalue weighted by molar-refractivity contribution is 6.06. The van der Waals surface area contributed by atoms with Gasteiger partial charge in [0.15, 0.2) is 17.5 Å². The van der Waals surface area contributed by atoms with Crippen LogP contribution < -0.4 is 0 Å². The van der Waals surface area contributed by atoms with Gasteiger partial charge in [0.1, 0.15) is 0 Å². The Balaban J connectivity index is 1.03. The Morgan fingerprint density at radius 2 is 0.869 bits per heavy atom. The van der Waals surface area contributed by atoms with Gasteiger partial charge in [-0.2, -0.15) is 5.26 Å². The van der Waals surface area contributed by atoms with Gasteiger partial charge in [-0.05, 0) is 74.3 Å². The molecule has 1 spiro atoms. The lowest BCUT2D eigenvalue weighted by Crippen LogP contribution is -2.26. The first-order valence-corrected chi connectivity index (χ1v) is 20.4. The summed E-state index contributed by atoms with van der Waals surface area (Å²) >= 11 is 0. The van der Waals surface area contributed by atoms with Gasteiger partial charge >= 0.3 is 0 Å². The molecule has 8 aromatic carbocycles. The molecule has 5 nitrogen and oxygen atoms in total. The van der Waals surface area contributed by atoms with Gasteiger partial charge in [0.05, 0.1) is 28.3 Å². The Morgan fingerprint density at radius 3 is 1.54 bits per heavy atom. The highest BCUT2D eigenvalue weighted by atomic mass is 15.0. The van der Waals surface area contributed by atoms with Crippen molar-refractivity contribution in [2.75, 3.05) is 0 Å². The minimum atomic E-state index is -0.497. The number of rotatable bonds is 5. The summed E-state index contributed by atoms with van der Waals surface area (Å²) in [4.78, 5) is 20.6. The van der Waals surface area contributed by atoms with Gasteiger partial charge in [-0.1, -0.05) is 176 Å². The monoisotopic (exact) mass is 775 g/mol. The number of hydrogen-bond acceptors (Lipinski definition) is 5. The van der Waals surface area contributed by atoms with Crippen molar-refractivity contribution in [1.29, 1.82) is 5.26 Å². The average Bonchev–Trinajstić information content (AvgIpc) is 3.82. The molecule has 0 amide bonds. The van der Waals surface area contributed by atoms with Crippen LogP contribution in [0.5, 0.6) is 0 Å². The number of nitriles is 1. The molecular formula is C56H33N5. The Kier molecular flexibility index (Phi) is 7.75. The highest BCUT2D eigenvalue weighted by Gasteiger charge is 2.53. The third kappa shape index (κ3) is 5.26. The molecule has 0 atom stereocenters. The molecule has 0 saturated carbocycles. The van der Waals surface area contributed by atoms with E-state index in [-0.39, 0.29) is 0 Å². The fourth-order valence-corrected chi connectivity index (χ4v) is 9.73. The van der Waals surface area contributed by atoms with Crippen LogP contribution in [0.2, 0.25) is 0 Å². The molecule has 2 aliphatic rings. The van der Waals surface area contributed by atoms with E-state index in [1.54, 1.807) is 0 Å². The summed E-state index contributed by atoms with van der Waals surface area (Å²) in [5.41, 5.74) is 17.9. The van der Waals surface area contributed by atoms with Gasteiger partial charge in [0, 0.05) is 33.2 Å². The van der Waals surface area contributed by atoms with Crippen LogP contribution in [0.25, 0.3) is 89.7 Å². The van der Waals surface area contributed by atoms with E-state index in [9.17, 15) is 5.26 Å². The second-order valence-corrected chi connectivity index (χ2v) is 15.6. The van der Waals surface area contributed by atoms with Crippen molar-refractivity contribution in [3.8, 4) is 84.9 Å². The zero-order valence-corrected chi connectivity index (χ0v) is 32.8. The largest absolute Gasteiger partial charge is 0.247 e. The van der Waals surface area contributed by atoms with Crippen molar-refractivity contribution in [3.05, 3.63) is 228 Å². The first-order chi connectivity index (χ1) is 30.2. The van der Waals surface area contributed by atoms with Crippen molar-refractivity contribution in [3.63, 3.8) is 0 Å². The fourth-order valence-electron chi connectivity index (χ4n) is 9.73. The first-order valence-electron chi connectivity index (χ1n) is 20.4. The predicted octanol–water partition coefficient (Wildman–Crippen LogP) is 13.0. The Hall–Kier alpha value is -8.33. The van der Waals surface area contributed by atoms with Gasteiger partial charge < -0.3 is 0 Å². The molecule has 5 heteroatoms. The molecule has 282 valence electrons. The Labute approximate surface area is 353 Å². The van der Waals surface area contributed by atoms with Crippen molar-refractivity contribution in [2.45, 2.75) is 5.41 Å². The molecule has 0 saturated heterocycles. The van der Waals surface area contributed by atoms with Crippen molar-refractivity contribution < 1.29 is 0 Å². The second-order valence-electron chi connectivity index (χ2n) is 15.6. The molecule has 10 aromatic rings. The third-order valence-corrected chi connectivity index (χ3v) is 12.4. The summed E-state index contributed by atoms with van der Waals surface area (Å²) in [5.74, 6) is 1.76. The van der Waals surface area contributed by atoms with Crippen LogP contribution in [0.1, 0.15) is 27.8 Å². The molecule has 2 heterocycles. The minimum Gasteiger partial charge on any atom is -0.247 e. The SMILES string of the molecule is N#Cc1ccc(-c2cccc(-c3nc(-c4ccccc4)nc(-c4ccc(-c5nc6ccccc6c6c5-c5ccccc5C65c6ccccc6-c6ccccc65)cc4)n3)c2)cc1. The molecular weight excluding hydrogens is 743 g/mol. The topological polar surface area (TPSA) is 75.3 Å². The van der Waals surface area contributed by atoms with Crippen molar-refractivity contribution in [1.82, 2.24) is 19.9 Å². The number of benzene rings is 8. The molecule has 0 bridgehead atoms. The zero-order chi connectivity index (χ0) is 40.5. The molecule has 2 aliphatic carbocycles. The molecule has 0 fully saturated rings. The molecule has 2 aromatic heterocycles. The summed E-state index contributed by atoms with van der Waals surface area (Å²) in [5, 5.41) is 10.5. The molecule has 0 unspecified atom stereocenters. The van der Waals surface area contributed by atoms with Crippen LogP contribution in [0, 0.1) is 11.3 Å². The van der Waals surface area contributed by atoms with Crippen LogP contribution in [0.3, 0.4) is 0 Å². The predicted molar refractivity (Wildman–Crippen MR) is 243 cm³/mol. The van der Waals surface area contributed by atoms with Crippen LogP contribution in [-0.4, -0.2) is 19.9 Å². The van der Waals surface area contributed by atoms with Crippen LogP contribution in [0.4, 0.5) is 0 Å². The molecule has 0 aliphatic heterocycles. The van der Waals surface area contributed by atoms with E-state index in [1.807, 2.05) is 66.7 Å². The lowest BCUT2D eigenvalue weighted by atomic mass is 9.69. The van der Waals surface area contributed by atoms with E-state index in [2.05, 4.69) is 140 Å². The third-order valence-electron chi connectivity index (χ3n) is 12.4. The average molecular weight is 776 g/mol. The van der Waals surface area contributed by atoms with E-state index in [0.717, 1.165) is 50.0 Å². The number of nitrogens with zero attached hydrogens (tertiary/aromatic N) is 5. The summed E-state index contributed by atoms with van der Waals surface area (Å²) in [6.45, 7) is 0. The number of hydrogen-bond donors (Lipinski definition) is 0. The van der Waals surface area contributed by atoms with Gasteiger partial charge in [0.2, 0.25) is 0 Å². The van der Waals surface area contributed by atoms with E-state index in [4.69, 9.17) is 19.9 Å². The molecule has 12 rings (SSSR count). The van der Waals surface area contributed by atoms with E-state index in [0.29, 0.717) is 23.0 Å². The smallest absolute Gasteiger partial charge is 0.164 e. The van der Waals surface area contributed by atoms with Crippen LogP contribution in [0.15, 0.2) is 200 Å². The van der Waals surface area contributed by atoms with Crippen molar-refractivity contribution >= 4 is 10.9 Å². The lowest BCUT2D eigenvalue weighted by molar-refractivity contribution is 0.801. The van der Waals surface area contributed by atoms with Crippen LogP contribution >= 0.6 is 0 Å². The maximum atomic E-state index is 9.34. The zero-order valence-electron chi connectivity index (χ0n) is 32.8. The molecule has 0 radical (unpaired) electrons. The van der Waals surface area contributed by atoms with E-state index < -0.39 is 5.41 Å². The standard InChI is InChI=1S/C56H33N5/c57-34-35-25-27-36(28-26-35)40-15-12-16-41(33-40)55-60-53(38-13-2-1-3-14-38)59-54(61-55)39-31-29-37(30-32-39)52-50-44-19-6-10-23-48(44)56(51(50)45-20-7-11-24-49(45)58-52)46-21-8-4-17-42(46)43-18-5-9-22-47(43)56/h1-33H. The molecule has 0 N–H and O–H groups in total. The lowest BCUT2D eigenvalue weighted by Gasteiger charge is -2.31. The number of fused-ring (bicyclic) bond motifs is 12. The van der Waals surface area contributed by atoms with Gasteiger partial charge in [0.25, 0.3) is 0 Å². The fraction of sp³-hybridized carbons (Fsp3) is 0.0179. The maximum absolute atomic E-state index is 9.34. The van der Waals surface area contributed by atoms with Gasteiger partial charge in [-0.3, -0.25) is 0 Å². The van der Waals surface area contributed by atoms with Gasteiger partial charge in [-0.15, -0.1) is 0 Å². The number of pyridine rings is 1. The first kappa shape index (κ1) is 34.7. The highest BCUT2D eigenvalue weighted by Crippen LogP contribution is 2.65. The quantitative estimate of drug-likeness (QED) is 0.174. The maximum Gasteiger partial charge on any atom is 0.164 e. The van der Waals surface area contributed by atoms with Crippen molar-refractivity contribution in [2.24, 2.45) is 0 Å². The Morgan fingerprint density at radius 1 is 0.377 bits per heavy atom. The van der Waals surface area contributed by atoms with Gasteiger partial charge in [-0.25, -0.2) is 19.9 Å². The normalized spacial score (nSPS) is 12.7. The summed E-state index contributed by atoms with van der Waals surface area (Å²) in [6, 6.07) is 72.0. The second kappa shape index (κ2) is 13.6. The summed E-state index contributed by atoms with van der Waals surface area (Å²) in [7, 11) is 0. The minimum absolute atomic E-state index is 0.497. The number of para-hydroxylation sites is 1. The summed E-state index contributed by atoms with van der Waals surface area (Å²) in [6.07, 6.45) is 0.